The molecule has 1 amide bonds. The summed E-state index contributed by atoms with van der Waals surface area (Å²) in [5.41, 5.74) is 1.27. The summed E-state index contributed by atoms with van der Waals surface area (Å²) in [6.07, 6.45) is 4.49. The summed E-state index contributed by atoms with van der Waals surface area (Å²) in [5, 5.41) is 3.03. The highest BCUT2D eigenvalue weighted by Gasteiger charge is 2.54. The lowest BCUT2D eigenvalue weighted by Gasteiger charge is -2.48. The number of hydrogen-bond acceptors (Lipinski definition) is 3. The van der Waals surface area contributed by atoms with Gasteiger partial charge in [-0.3, -0.25) is 9.78 Å². The van der Waals surface area contributed by atoms with E-state index >= 15 is 0 Å². The smallest absolute Gasteiger partial charge is 0.254 e. The van der Waals surface area contributed by atoms with Crippen molar-refractivity contribution in [3.63, 3.8) is 0 Å². The minimum Gasteiger partial charge on any atom is -0.377 e. The van der Waals surface area contributed by atoms with E-state index in [1.54, 1.807) is 0 Å². The molecule has 1 saturated carbocycles. The third-order valence-corrected chi connectivity index (χ3v) is 5.16. The first-order valence-electron chi connectivity index (χ1n) is 8.30. The quantitative estimate of drug-likeness (QED) is 0.939. The van der Waals surface area contributed by atoms with Crippen LogP contribution in [0.3, 0.4) is 0 Å². The number of carbonyl (C=O) groups excluding carboxylic acids is 1. The third-order valence-electron chi connectivity index (χ3n) is 5.16. The van der Waals surface area contributed by atoms with Crippen LogP contribution in [-0.4, -0.2) is 29.6 Å². The van der Waals surface area contributed by atoms with Crippen LogP contribution in [-0.2, 0) is 11.2 Å². The van der Waals surface area contributed by atoms with E-state index in [2.05, 4.69) is 22.4 Å². The van der Waals surface area contributed by atoms with Crippen LogP contribution >= 0.6 is 0 Å². The fourth-order valence-electron chi connectivity index (χ4n) is 3.96. The Morgan fingerprint density at radius 1 is 1.29 bits per heavy atom. The number of fused-ring (bicyclic) bond motifs is 1. The van der Waals surface area contributed by atoms with E-state index in [1.165, 1.54) is 17.8 Å². The predicted molar refractivity (Wildman–Crippen MR) is 86.9 cm³/mol. The molecule has 1 aliphatic heterocycles. The Balaban J connectivity index is 1.50. The fraction of sp³-hybridized carbons (Fsp3) is 0.368. The average Bonchev–Trinajstić information content (AvgIpc) is 3.03. The van der Waals surface area contributed by atoms with Gasteiger partial charge in [0.05, 0.1) is 17.9 Å². The van der Waals surface area contributed by atoms with Crippen LogP contribution in [0.15, 0.2) is 48.8 Å². The second-order valence-electron chi connectivity index (χ2n) is 6.50. The van der Waals surface area contributed by atoms with Crippen molar-refractivity contribution in [2.24, 2.45) is 11.8 Å². The number of nitrogens with zero attached hydrogens (tertiary/aromatic N) is 1. The van der Waals surface area contributed by atoms with Gasteiger partial charge >= 0.3 is 0 Å². The number of pyridine rings is 1. The number of halogens is 1. The predicted octanol–water partition coefficient (Wildman–Crippen LogP) is 2.60. The molecule has 5 heteroatoms. The molecule has 4 rings (SSSR count). The van der Waals surface area contributed by atoms with Gasteiger partial charge in [-0.05, 0) is 24.5 Å². The normalized spacial score (nSPS) is 28.0. The standard InChI is InChI=1S/C19H19FN2O2/c20-16-11-21-8-6-13(16)19(23)22-17-14-7-9-24-18(14)15(17)10-12-4-2-1-3-5-12/h1-6,8,11,14-15,17-18H,7,9-10H2,(H,22,23)/t14-,15+,17-,18-/m0/s1. The van der Waals surface area contributed by atoms with Crippen LogP contribution in [0.4, 0.5) is 4.39 Å². The molecule has 0 unspecified atom stereocenters. The summed E-state index contributed by atoms with van der Waals surface area (Å²) in [6.45, 7) is 0.733. The minimum atomic E-state index is -0.590. The number of benzene rings is 1. The van der Waals surface area contributed by atoms with Crippen molar-refractivity contribution in [2.45, 2.75) is 25.0 Å². The van der Waals surface area contributed by atoms with Gasteiger partial charge < -0.3 is 10.1 Å². The van der Waals surface area contributed by atoms with E-state index in [9.17, 15) is 9.18 Å². The molecule has 0 bridgehead atoms. The molecule has 1 saturated heterocycles. The number of rotatable bonds is 4. The Labute approximate surface area is 140 Å². The van der Waals surface area contributed by atoms with Gasteiger partial charge in [0.15, 0.2) is 5.82 Å². The Morgan fingerprint density at radius 2 is 2.12 bits per heavy atom. The van der Waals surface area contributed by atoms with Gasteiger partial charge in [0.25, 0.3) is 5.91 Å². The molecular formula is C19H19FN2O2. The van der Waals surface area contributed by atoms with Crippen LogP contribution in [0.5, 0.6) is 0 Å². The molecule has 124 valence electrons. The number of ether oxygens (including phenoxy) is 1. The zero-order valence-corrected chi connectivity index (χ0v) is 13.2. The van der Waals surface area contributed by atoms with Gasteiger partial charge in [0.2, 0.25) is 0 Å². The number of amides is 1. The highest BCUT2D eigenvalue weighted by molar-refractivity contribution is 5.94. The summed E-state index contributed by atoms with van der Waals surface area (Å²) in [6, 6.07) is 11.6. The van der Waals surface area contributed by atoms with Crippen molar-refractivity contribution in [1.29, 1.82) is 0 Å². The molecule has 1 aromatic heterocycles. The Kier molecular flexibility index (Phi) is 4.02. The van der Waals surface area contributed by atoms with Crippen molar-refractivity contribution < 1.29 is 13.9 Å². The second-order valence-corrected chi connectivity index (χ2v) is 6.50. The van der Waals surface area contributed by atoms with Crippen molar-refractivity contribution in [3.8, 4) is 0 Å². The van der Waals surface area contributed by atoms with Gasteiger partial charge in [-0.25, -0.2) is 4.39 Å². The average molecular weight is 326 g/mol. The Hall–Kier alpha value is -2.27. The molecule has 1 N–H and O–H groups in total. The zero-order chi connectivity index (χ0) is 16.5. The van der Waals surface area contributed by atoms with Crippen LogP contribution < -0.4 is 5.32 Å². The van der Waals surface area contributed by atoms with E-state index in [0.717, 1.165) is 25.6 Å². The lowest BCUT2D eigenvalue weighted by Crippen LogP contribution is -2.62. The number of aromatic nitrogens is 1. The Bertz CT molecular complexity index is 737. The van der Waals surface area contributed by atoms with Gasteiger partial charge in [-0.1, -0.05) is 30.3 Å². The maximum absolute atomic E-state index is 13.8. The van der Waals surface area contributed by atoms with E-state index in [4.69, 9.17) is 4.74 Å². The molecule has 1 aromatic carbocycles. The molecule has 24 heavy (non-hydrogen) atoms. The number of nitrogens with one attached hydrogen (secondary N) is 1. The molecule has 0 radical (unpaired) electrons. The first-order valence-corrected chi connectivity index (χ1v) is 8.30. The van der Waals surface area contributed by atoms with Crippen molar-refractivity contribution in [2.75, 3.05) is 6.61 Å². The molecule has 2 fully saturated rings. The zero-order valence-electron chi connectivity index (χ0n) is 13.2. The maximum atomic E-state index is 13.8. The lowest BCUT2D eigenvalue weighted by molar-refractivity contribution is -0.0528. The van der Waals surface area contributed by atoms with Crippen LogP contribution in [0.2, 0.25) is 0 Å². The van der Waals surface area contributed by atoms with E-state index in [-0.39, 0.29) is 29.5 Å². The third kappa shape index (κ3) is 2.69. The van der Waals surface area contributed by atoms with Crippen molar-refractivity contribution >= 4 is 5.91 Å². The molecule has 4 atom stereocenters. The van der Waals surface area contributed by atoms with E-state index in [0.29, 0.717) is 5.92 Å². The highest BCUT2D eigenvalue weighted by Crippen LogP contribution is 2.45. The second kappa shape index (κ2) is 6.32. The van der Waals surface area contributed by atoms with E-state index < -0.39 is 5.82 Å². The molecule has 4 nitrogen and oxygen atoms in total. The summed E-state index contributed by atoms with van der Waals surface area (Å²) >= 11 is 0. The molecule has 1 aliphatic carbocycles. The lowest BCUT2D eigenvalue weighted by atomic mass is 9.64. The molecule has 0 spiro atoms. The van der Waals surface area contributed by atoms with Gasteiger partial charge in [-0.15, -0.1) is 0 Å². The Morgan fingerprint density at radius 3 is 2.92 bits per heavy atom. The van der Waals surface area contributed by atoms with Crippen LogP contribution in [0.1, 0.15) is 22.3 Å². The summed E-state index contributed by atoms with van der Waals surface area (Å²) in [7, 11) is 0. The maximum Gasteiger partial charge on any atom is 0.254 e. The summed E-state index contributed by atoms with van der Waals surface area (Å²) < 4.78 is 19.6. The number of hydrogen-bond donors (Lipinski definition) is 1. The van der Waals surface area contributed by atoms with Gasteiger partial charge in [0.1, 0.15) is 0 Å². The van der Waals surface area contributed by atoms with Crippen molar-refractivity contribution in [1.82, 2.24) is 10.3 Å². The van der Waals surface area contributed by atoms with Crippen molar-refractivity contribution in [3.05, 3.63) is 65.7 Å². The van der Waals surface area contributed by atoms with Crippen LogP contribution in [0, 0.1) is 17.7 Å². The monoisotopic (exact) mass is 326 g/mol. The molecule has 2 aromatic rings. The topological polar surface area (TPSA) is 51.2 Å². The van der Waals surface area contributed by atoms with Crippen LogP contribution in [0.25, 0.3) is 0 Å². The summed E-state index contributed by atoms with van der Waals surface area (Å²) in [4.78, 5) is 16.1. The summed E-state index contributed by atoms with van der Waals surface area (Å²) in [5.74, 6) is -0.405. The molecule has 2 aliphatic rings. The molecular weight excluding hydrogens is 307 g/mol. The SMILES string of the molecule is O=C(N[C@@H]1[C@@H](Cc2ccccc2)[C@H]2OCC[C@@H]12)c1ccncc1F. The molecule has 2 heterocycles. The number of carbonyl (C=O) groups is 1. The fourth-order valence-corrected chi connectivity index (χ4v) is 3.96. The van der Waals surface area contributed by atoms with Gasteiger partial charge in [0, 0.05) is 30.7 Å². The van der Waals surface area contributed by atoms with E-state index in [1.807, 2.05) is 18.2 Å². The first kappa shape index (κ1) is 15.3. The highest BCUT2D eigenvalue weighted by atomic mass is 19.1. The largest absolute Gasteiger partial charge is 0.377 e. The van der Waals surface area contributed by atoms with Gasteiger partial charge in [-0.2, -0.15) is 0 Å². The first-order chi connectivity index (χ1) is 11.7. The minimum absolute atomic E-state index is 0.0257.